The molecule has 388 valence electrons. The van der Waals surface area contributed by atoms with Crippen molar-refractivity contribution in [1.29, 1.82) is 0 Å². The van der Waals surface area contributed by atoms with Crippen molar-refractivity contribution >= 4 is 11.9 Å². The molecule has 23 atom stereocenters. The van der Waals surface area contributed by atoms with Crippen molar-refractivity contribution in [3.05, 3.63) is 11.6 Å². The molecular weight excluding hydrogens is 893 g/mol. The number of hydrogen-bond acceptors (Lipinski definition) is 19. The predicted molar refractivity (Wildman–Crippen MR) is 235 cm³/mol. The monoisotopic (exact) mass is 971 g/mol. The van der Waals surface area contributed by atoms with Gasteiger partial charge in [-0.25, -0.2) is 0 Å². The zero-order chi connectivity index (χ0) is 49.7. The molecule has 3 aliphatic heterocycles. The van der Waals surface area contributed by atoms with E-state index in [1.165, 1.54) is 5.57 Å². The van der Waals surface area contributed by atoms with Crippen LogP contribution >= 0.6 is 0 Å². The Bertz CT molecular complexity index is 1880. The molecular formula is C49H78O19. The van der Waals surface area contributed by atoms with Gasteiger partial charge in [-0.3, -0.25) is 9.59 Å². The van der Waals surface area contributed by atoms with Crippen LogP contribution in [0.15, 0.2) is 11.6 Å². The largest absolute Gasteiger partial charge is 0.453 e. The summed E-state index contributed by atoms with van der Waals surface area (Å²) in [5.41, 5.74) is -1.40. The van der Waals surface area contributed by atoms with Gasteiger partial charge in [0.05, 0.1) is 37.9 Å². The van der Waals surface area contributed by atoms with Crippen molar-refractivity contribution in [3.8, 4) is 0 Å². The van der Waals surface area contributed by atoms with Crippen LogP contribution in [0.4, 0.5) is 0 Å². The second-order valence-electron chi connectivity index (χ2n) is 23.5. The van der Waals surface area contributed by atoms with Crippen LogP contribution in [0.2, 0.25) is 0 Å². The lowest BCUT2D eigenvalue weighted by Gasteiger charge is -2.71. The number of esters is 2. The van der Waals surface area contributed by atoms with Gasteiger partial charge in [0.1, 0.15) is 61.0 Å². The summed E-state index contributed by atoms with van der Waals surface area (Å²) < 4.78 is 41.1. The van der Waals surface area contributed by atoms with Gasteiger partial charge in [-0.05, 0) is 104 Å². The molecule has 19 nitrogen and oxygen atoms in total. The van der Waals surface area contributed by atoms with Crippen molar-refractivity contribution in [2.24, 2.45) is 50.2 Å². The molecule has 0 aromatic rings. The first-order chi connectivity index (χ1) is 31.8. The maximum atomic E-state index is 15.2. The summed E-state index contributed by atoms with van der Waals surface area (Å²) in [6.07, 6.45) is -12.7. The topological polar surface area (TPSA) is 301 Å². The number of aliphatic hydroxyl groups is 10. The Hall–Kier alpha value is -1.92. The van der Waals surface area contributed by atoms with Gasteiger partial charge in [-0.15, -0.1) is 0 Å². The van der Waals surface area contributed by atoms with E-state index in [1.54, 1.807) is 0 Å². The molecule has 0 unspecified atom stereocenters. The van der Waals surface area contributed by atoms with E-state index in [0.29, 0.717) is 32.1 Å². The second kappa shape index (κ2) is 18.8. The SMILES string of the molecule is CC(=O)O[C@H]1[C@H](OC(=O)[C@]23CCC(C)(C)C[C@H]2C2=CC[C@@H]4[C@@]5(C)CC[C@H](O[C@@H]6OC[C@H](O)[C@H](O)[C@H]6O)[C@@](C)(CO)[C@@H]5CC[C@@]4(C)[C@]2(C)CC3)O[C@H](CO[C@@H]2O[C@H](CO)[C@@H](O)[C@H](O)[C@H]2O)[C@@H](O)[C@@H]1O. The summed E-state index contributed by atoms with van der Waals surface area (Å²) in [6.45, 7) is 13.1. The molecule has 0 aromatic heterocycles. The van der Waals surface area contributed by atoms with Gasteiger partial charge in [0.25, 0.3) is 0 Å². The predicted octanol–water partition coefficient (Wildman–Crippen LogP) is 0.323. The highest BCUT2D eigenvalue weighted by molar-refractivity contribution is 5.79. The molecule has 0 aromatic carbocycles. The fourth-order valence-electron chi connectivity index (χ4n) is 15.0. The molecule has 7 fully saturated rings. The summed E-state index contributed by atoms with van der Waals surface area (Å²) in [5, 5.41) is 106. The normalized spacial score (nSPS) is 52.3. The molecule has 8 aliphatic rings. The summed E-state index contributed by atoms with van der Waals surface area (Å²) in [4.78, 5) is 27.6. The van der Waals surface area contributed by atoms with Crippen LogP contribution in [0.3, 0.4) is 0 Å². The van der Waals surface area contributed by atoms with Crippen molar-refractivity contribution in [2.45, 2.75) is 205 Å². The molecule has 4 saturated carbocycles. The molecule has 3 heterocycles. The Morgan fingerprint density at radius 3 is 2.04 bits per heavy atom. The lowest BCUT2D eigenvalue weighted by atomic mass is 9.33. The van der Waals surface area contributed by atoms with E-state index in [0.717, 1.165) is 39.0 Å². The minimum Gasteiger partial charge on any atom is -0.453 e. The number of carbonyl (C=O) groups excluding carboxylic acids is 2. The first-order valence-corrected chi connectivity index (χ1v) is 24.8. The van der Waals surface area contributed by atoms with Gasteiger partial charge in [0.15, 0.2) is 18.7 Å². The summed E-state index contributed by atoms with van der Waals surface area (Å²) in [6, 6.07) is 0. The maximum Gasteiger partial charge on any atom is 0.315 e. The number of hydrogen-bond donors (Lipinski definition) is 10. The van der Waals surface area contributed by atoms with Crippen molar-refractivity contribution in [1.82, 2.24) is 0 Å². The van der Waals surface area contributed by atoms with Crippen LogP contribution in [0.1, 0.15) is 113 Å². The average molecular weight is 971 g/mol. The first kappa shape index (κ1) is 52.4. The van der Waals surface area contributed by atoms with E-state index in [2.05, 4.69) is 47.6 Å². The van der Waals surface area contributed by atoms with Crippen LogP contribution in [-0.4, -0.2) is 182 Å². The Labute approximate surface area is 398 Å². The van der Waals surface area contributed by atoms with E-state index in [9.17, 15) is 55.9 Å². The minimum atomic E-state index is -1.81. The van der Waals surface area contributed by atoms with E-state index in [4.69, 9.17) is 33.2 Å². The zero-order valence-corrected chi connectivity index (χ0v) is 40.5. The molecule has 19 heteroatoms. The molecule has 10 N–H and O–H groups in total. The zero-order valence-electron chi connectivity index (χ0n) is 40.5. The lowest BCUT2D eigenvalue weighted by Crippen LogP contribution is -2.67. The molecule has 8 rings (SSSR count). The maximum absolute atomic E-state index is 15.2. The highest BCUT2D eigenvalue weighted by Gasteiger charge is 2.70. The number of carbonyl (C=O) groups is 2. The fourth-order valence-corrected chi connectivity index (χ4v) is 15.0. The Kier molecular flexibility index (Phi) is 14.5. The van der Waals surface area contributed by atoms with Gasteiger partial charge in [-0.2, -0.15) is 0 Å². The van der Waals surface area contributed by atoms with Crippen molar-refractivity contribution < 1.29 is 93.8 Å². The van der Waals surface area contributed by atoms with E-state index in [-0.39, 0.29) is 52.6 Å². The summed E-state index contributed by atoms with van der Waals surface area (Å²) in [7, 11) is 0. The highest BCUT2D eigenvalue weighted by Crippen LogP contribution is 2.76. The third-order valence-corrected chi connectivity index (χ3v) is 19.3. The van der Waals surface area contributed by atoms with Crippen LogP contribution in [0.25, 0.3) is 0 Å². The minimum absolute atomic E-state index is 0.0406. The van der Waals surface area contributed by atoms with Crippen LogP contribution in [0, 0.1) is 50.2 Å². The summed E-state index contributed by atoms with van der Waals surface area (Å²) >= 11 is 0. The molecule has 0 radical (unpaired) electrons. The molecule has 68 heavy (non-hydrogen) atoms. The van der Waals surface area contributed by atoms with Gasteiger partial charge in [0.2, 0.25) is 6.29 Å². The van der Waals surface area contributed by atoms with Crippen LogP contribution in [-0.2, 0) is 42.7 Å². The molecule has 3 saturated heterocycles. The van der Waals surface area contributed by atoms with E-state index >= 15 is 4.79 Å². The number of fused-ring (bicyclic) bond motifs is 7. The van der Waals surface area contributed by atoms with E-state index < -0.39 is 128 Å². The average Bonchev–Trinajstić information content (AvgIpc) is 3.29. The van der Waals surface area contributed by atoms with Gasteiger partial charge < -0.3 is 84.2 Å². The molecule has 0 spiro atoms. The van der Waals surface area contributed by atoms with Gasteiger partial charge in [0, 0.05) is 12.3 Å². The molecule has 0 amide bonds. The van der Waals surface area contributed by atoms with Gasteiger partial charge >= 0.3 is 11.9 Å². The smallest absolute Gasteiger partial charge is 0.315 e. The Balaban J connectivity index is 1.05. The van der Waals surface area contributed by atoms with Crippen molar-refractivity contribution in [3.63, 3.8) is 0 Å². The van der Waals surface area contributed by atoms with Crippen LogP contribution < -0.4 is 0 Å². The number of aliphatic hydroxyl groups excluding tert-OH is 10. The first-order valence-electron chi connectivity index (χ1n) is 24.8. The number of rotatable bonds is 10. The Morgan fingerprint density at radius 2 is 1.37 bits per heavy atom. The number of allylic oxidation sites excluding steroid dienone is 2. The third kappa shape index (κ3) is 8.41. The van der Waals surface area contributed by atoms with Crippen molar-refractivity contribution in [2.75, 3.05) is 26.4 Å². The quantitative estimate of drug-likeness (QED) is 0.0801. The third-order valence-electron chi connectivity index (χ3n) is 19.3. The fraction of sp³-hybridized carbons (Fsp3) is 0.918. The number of ether oxygens (including phenoxy) is 7. The van der Waals surface area contributed by atoms with Crippen LogP contribution in [0.5, 0.6) is 0 Å². The second-order valence-corrected chi connectivity index (χ2v) is 23.5. The standard InChI is InChI=1S/C49H78O19/c1-23(52)64-39-36(58)34(56)28(21-63-40-38(60)35(57)33(55)27(19-50)65-40)66-42(39)68-43(61)49-16-14-44(2,3)18-25(49)24-8-9-30-45(4)12-11-31(67-41-37(59)32(54)26(53)20-62-41)46(5,22-51)29(45)10-13-48(30,7)47(24,6)15-17-49/h8,25-42,50-51,53-60H,9-22H2,1-7H3/t25-,26-,27+,28+,29+,30+,31-,32-,33+,34+,35-,36-,37+,38+,39+,40+,41-,42-,45-,46-,47+,48+,49-/m0/s1. The lowest BCUT2D eigenvalue weighted by molar-refractivity contribution is -0.329. The Morgan fingerprint density at radius 1 is 0.706 bits per heavy atom. The highest BCUT2D eigenvalue weighted by atomic mass is 16.8. The summed E-state index contributed by atoms with van der Waals surface area (Å²) in [5.74, 6) is -1.38. The molecule has 0 bridgehead atoms. The molecule has 5 aliphatic carbocycles. The van der Waals surface area contributed by atoms with E-state index in [1.807, 2.05) is 0 Å². The van der Waals surface area contributed by atoms with Gasteiger partial charge in [-0.1, -0.05) is 53.2 Å².